The number of rotatable bonds is 4. The molecule has 24 heavy (non-hydrogen) atoms. The Morgan fingerprint density at radius 3 is 2.21 bits per heavy atom. The van der Waals surface area contributed by atoms with Crippen molar-refractivity contribution < 1.29 is 14.3 Å². The molecule has 2 aromatic carbocycles. The molecule has 0 bridgehead atoms. The van der Waals surface area contributed by atoms with Gasteiger partial charge in [-0.3, -0.25) is 4.79 Å². The summed E-state index contributed by atoms with van der Waals surface area (Å²) in [6, 6.07) is 15.6. The smallest absolute Gasteiger partial charge is 0.339 e. The largest absolute Gasteiger partial charge is 0.444 e. The third kappa shape index (κ3) is 3.56. The second-order valence-corrected chi connectivity index (χ2v) is 5.85. The summed E-state index contributed by atoms with van der Waals surface area (Å²) in [5.41, 5.74) is 7.26. The number of benzene rings is 2. The van der Waals surface area contributed by atoms with Crippen LogP contribution in [0.25, 0.3) is 0 Å². The van der Waals surface area contributed by atoms with Gasteiger partial charge in [0.1, 0.15) is 0 Å². The fourth-order valence-corrected chi connectivity index (χ4v) is 2.79. The first-order valence-electron chi connectivity index (χ1n) is 8.05. The number of anilines is 1. The fourth-order valence-electron chi connectivity index (χ4n) is 2.79. The molecule has 1 saturated heterocycles. The number of carbonyl (C=O) groups is 2. The van der Waals surface area contributed by atoms with Crippen molar-refractivity contribution in [2.24, 2.45) is 0 Å². The van der Waals surface area contributed by atoms with Crippen LogP contribution >= 0.6 is 0 Å². The van der Waals surface area contributed by atoms with Gasteiger partial charge in [-0.25, -0.2) is 4.79 Å². The van der Waals surface area contributed by atoms with Gasteiger partial charge in [0.05, 0.1) is 5.56 Å². The highest BCUT2D eigenvalue weighted by molar-refractivity contribution is 5.93. The molecule has 1 fully saturated rings. The van der Waals surface area contributed by atoms with Gasteiger partial charge in [0.25, 0.3) is 5.91 Å². The Bertz CT molecular complexity index is 707. The first kappa shape index (κ1) is 16.1. The predicted octanol–water partition coefficient (Wildman–Crippen LogP) is 2.79. The van der Waals surface area contributed by atoms with Crippen LogP contribution in [0.15, 0.2) is 54.6 Å². The SMILES string of the molecule is Nc1ccc(C(=O)O[C@H](C(=O)N2CCCC2)c2ccccc2)cc1. The van der Waals surface area contributed by atoms with Crippen molar-refractivity contribution in [3.8, 4) is 0 Å². The van der Waals surface area contributed by atoms with Crippen LogP contribution in [0.2, 0.25) is 0 Å². The lowest BCUT2D eigenvalue weighted by Gasteiger charge is -2.23. The molecule has 5 nitrogen and oxygen atoms in total. The van der Waals surface area contributed by atoms with E-state index in [0.29, 0.717) is 29.9 Å². The third-order valence-electron chi connectivity index (χ3n) is 4.12. The molecule has 0 radical (unpaired) electrons. The van der Waals surface area contributed by atoms with Crippen LogP contribution in [0.3, 0.4) is 0 Å². The average Bonchev–Trinajstić information content (AvgIpc) is 3.15. The number of ether oxygens (including phenoxy) is 1. The van der Waals surface area contributed by atoms with E-state index in [-0.39, 0.29) is 5.91 Å². The van der Waals surface area contributed by atoms with E-state index in [1.807, 2.05) is 18.2 Å². The Kier molecular flexibility index (Phi) is 4.79. The van der Waals surface area contributed by atoms with Gasteiger partial charge in [-0.2, -0.15) is 0 Å². The van der Waals surface area contributed by atoms with Gasteiger partial charge < -0.3 is 15.4 Å². The zero-order valence-electron chi connectivity index (χ0n) is 13.4. The van der Waals surface area contributed by atoms with Crippen LogP contribution < -0.4 is 5.73 Å². The molecule has 1 aliphatic heterocycles. The van der Waals surface area contributed by atoms with E-state index in [2.05, 4.69) is 0 Å². The maximum atomic E-state index is 12.8. The van der Waals surface area contributed by atoms with E-state index in [1.54, 1.807) is 41.3 Å². The van der Waals surface area contributed by atoms with Crippen molar-refractivity contribution in [1.82, 2.24) is 4.90 Å². The highest BCUT2D eigenvalue weighted by Gasteiger charge is 2.31. The average molecular weight is 324 g/mol. The van der Waals surface area contributed by atoms with E-state index in [1.165, 1.54) is 0 Å². The van der Waals surface area contributed by atoms with Crippen LogP contribution in [0.5, 0.6) is 0 Å². The Morgan fingerprint density at radius 1 is 0.958 bits per heavy atom. The minimum absolute atomic E-state index is 0.164. The zero-order chi connectivity index (χ0) is 16.9. The van der Waals surface area contributed by atoms with Gasteiger partial charge in [-0.1, -0.05) is 30.3 Å². The number of likely N-dealkylation sites (tertiary alicyclic amines) is 1. The number of esters is 1. The lowest BCUT2D eigenvalue weighted by atomic mass is 10.1. The highest BCUT2D eigenvalue weighted by Crippen LogP contribution is 2.24. The molecule has 1 atom stereocenters. The van der Waals surface area contributed by atoms with Gasteiger partial charge in [-0.05, 0) is 37.1 Å². The molecule has 1 aliphatic rings. The summed E-state index contributed by atoms with van der Waals surface area (Å²) in [5, 5.41) is 0. The summed E-state index contributed by atoms with van der Waals surface area (Å²) < 4.78 is 5.57. The van der Waals surface area contributed by atoms with Crippen LogP contribution in [-0.2, 0) is 9.53 Å². The summed E-state index contributed by atoms with van der Waals surface area (Å²) in [5.74, 6) is -0.695. The zero-order valence-corrected chi connectivity index (χ0v) is 13.4. The van der Waals surface area contributed by atoms with Crippen LogP contribution in [-0.4, -0.2) is 29.9 Å². The molecule has 5 heteroatoms. The first-order valence-corrected chi connectivity index (χ1v) is 8.05. The Labute approximate surface area is 141 Å². The van der Waals surface area contributed by atoms with Crippen LogP contribution in [0.4, 0.5) is 5.69 Å². The normalized spacial score (nSPS) is 15.1. The van der Waals surface area contributed by atoms with Gasteiger partial charge in [0, 0.05) is 24.3 Å². The summed E-state index contributed by atoms with van der Waals surface area (Å²) in [6.07, 6.45) is 1.05. The number of nitrogens with zero attached hydrogens (tertiary/aromatic N) is 1. The number of hydrogen-bond donors (Lipinski definition) is 1. The molecule has 1 amide bonds. The maximum Gasteiger partial charge on any atom is 0.339 e. The fraction of sp³-hybridized carbons (Fsp3) is 0.263. The molecule has 0 saturated carbocycles. The summed E-state index contributed by atoms with van der Waals surface area (Å²) in [4.78, 5) is 27.0. The van der Waals surface area contributed by atoms with Crippen molar-refractivity contribution in [3.05, 3.63) is 65.7 Å². The summed E-state index contributed by atoms with van der Waals surface area (Å²) in [7, 11) is 0. The standard InChI is InChI=1S/C19H20N2O3/c20-16-10-8-15(9-11-16)19(23)24-17(14-6-2-1-3-7-14)18(22)21-12-4-5-13-21/h1-3,6-11,17H,4-5,12-13,20H2/t17-/m0/s1. The molecule has 1 heterocycles. The van der Waals surface area contributed by atoms with E-state index in [9.17, 15) is 9.59 Å². The molecule has 0 spiro atoms. The van der Waals surface area contributed by atoms with Crippen molar-refractivity contribution in [2.75, 3.05) is 18.8 Å². The van der Waals surface area contributed by atoms with Gasteiger partial charge in [-0.15, -0.1) is 0 Å². The quantitative estimate of drug-likeness (QED) is 0.693. The number of nitrogens with two attached hydrogens (primary N) is 1. The number of hydrogen-bond acceptors (Lipinski definition) is 4. The molecule has 2 N–H and O–H groups in total. The van der Waals surface area contributed by atoms with Gasteiger partial charge in [0.2, 0.25) is 6.10 Å². The molecule has 0 aliphatic carbocycles. The van der Waals surface area contributed by atoms with E-state index >= 15 is 0 Å². The van der Waals surface area contributed by atoms with Gasteiger partial charge in [0.15, 0.2) is 0 Å². The molecular weight excluding hydrogens is 304 g/mol. The second kappa shape index (κ2) is 7.17. The van der Waals surface area contributed by atoms with Crippen LogP contribution in [0, 0.1) is 0 Å². The monoisotopic (exact) mass is 324 g/mol. The minimum Gasteiger partial charge on any atom is -0.444 e. The van der Waals surface area contributed by atoms with E-state index in [0.717, 1.165) is 12.8 Å². The van der Waals surface area contributed by atoms with E-state index in [4.69, 9.17) is 10.5 Å². The Hall–Kier alpha value is -2.82. The van der Waals surface area contributed by atoms with Crippen molar-refractivity contribution in [3.63, 3.8) is 0 Å². The lowest BCUT2D eigenvalue weighted by molar-refractivity contribution is -0.140. The van der Waals surface area contributed by atoms with E-state index < -0.39 is 12.1 Å². The summed E-state index contributed by atoms with van der Waals surface area (Å²) in [6.45, 7) is 1.42. The molecule has 124 valence electrons. The molecule has 2 aromatic rings. The third-order valence-corrected chi connectivity index (χ3v) is 4.12. The number of amides is 1. The highest BCUT2D eigenvalue weighted by atomic mass is 16.5. The van der Waals surface area contributed by atoms with Gasteiger partial charge >= 0.3 is 5.97 Å². The molecule has 0 unspecified atom stereocenters. The maximum absolute atomic E-state index is 12.8. The number of carbonyl (C=O) groups excluding carboxylic acids is 2. The lowest BCUT2D eigenvalue weighted by Crippen LogP contribution is -2.34. The number of nitrogen functional groups attached to an aromatic ring is 1. The van der Waals surface area contributed by atoms with Crippen molar-refractivity contribution in [2.45, 2.75) is 18.9 Å². The second-order valence-electron chi connectivity index (χ2n) is 5.85. The summed E-state index contributed by atoms with van der Waals surface area (Å²) >= 11 is 0. The van der Waals surface area contributed by atoms with Crippen LogP contribution in [0.1, 0.15) is 34.9 Å². The van der Waals surface area contributed by atoms with Crippen molar-refractivity contribution in [1.29, 1.82) is 0 Å². The van der Waals surface area contributed by atoms with Crippen molar-refractivity contribution >= 4 is 17.6 Å². The topological polar surface area (TPSA) is 72.6 Å². The first-order chi connectivity index (χ1) is 11.6. The molecular formula is C19H20N2O3. The molecule has 3 rings (SSSR count). The Morgan fingerprint density at radius 2 is 1.58 bits per heavy atom. The predicted molar refractivity (Wildman–Crippen MR) is 91.3 cm³/mol. The Balaban J connectivity index is 1.83. The minimum atomic E-state index is -0.922. The molecule has 0 aromatic heterocycles.